The van der Waals surface area contributed by atoms with Gasteiger partial charge in [-0.2, -0.15) is 0 Å². The molecule has 1 aliphatic heterocycles. The molecule has 1 aliphatic rings. The molecule has 1 amide bonds. The molecule has 0 bridgehead atoms. The molecular formula is C17H27N2O4+. The average molecular weight is 323 g/mol. The molecule has 3 N–H and O–H groups in total. The second kappa shape index (κ2) is 8.29. The second-order valence-electron chi connectivity index (χ2n) is 6.29. The lowest BCUT2D eigenvalue weighted by Crippen LogP contribution is -3.16. The van der Waals surface area contributed by atoms with E-state index in [1.807, 2.05) is 0 Å². The van der Waals surface area contributed by atoms with Crippen molar-refractivity contribution in [1.82, 2.24) is 0 Å². The Morgan fingerprint density at radius 2 is 1.96 bits per heavy atom. The minimum atomic E-state index is -0.516. The summed E-state index contributed by atoms with van der Waals surface area (Å²) in [6.07, 6.45) is -0.0658. The number of rotatable bonds is 6. The SMILES string of the molecule is CC(=O)Nc1ccc(OC[C@@H](O)C[NH+]2C[C@@H](C)O[C@@H](C)C2)cc1. The largest absolute Gasteiger partial charge is 0.491 e. The molecule has 1 fully saturated rings. The van der Waals surface area contributed by atoms with Crippen LogP contribution in [-0.2, 0) is 9.53 Å². The van der Waals surface area contributed by atoms with Gasteiger partial charge in [-0.25, -0.2) is 0 Å². The van der Waals surface area contributed by atoms with E-state index in [1.165, 1.54) is 11.8 Å². The van der Waals surface area contributed by atoms with Crippen molar-refractivity contribution in [3.05, 3.63) is 24.3 Å². The summed E-state index contributed by atoms with van der Waals surface area (Å²) >= 11 is 0. The molecule has 0 aromatic heterocycles. The van der Waals surface area contributed by atoms with Crippen LogP contribution in [0.2, 0.25) is 0 Å². The Bertz CT molecular complexity index is 496. The number of hydrogen-bond acceptors (Lipinski definition) is 4. The van der Waals surface area contributed by atoms with E-state index < -0.39 is 6.10 Å². The van der Waals surface area contributed by atoms with Gasteiger partial charge in [0.05, 0.1) is 0 Å². The van der Waals surface area contributed by atoms with Gasteiger partial charge in [-0.3, -0.25) is 4.79 Å². The molecule has 1 heterocycles. The molecule has 2 rings (SSSR count). The normalized spacial score (nSPS) is 25.7. The van der Waals surface area contributed by atoms with Crippen molar-refractivity contribution in [2.24, 2.45) is 0 Å². The van der Waals surface area contributed by atoms with Crippen LogP contribution in [0, 0.1) is 0 Å². The van der Waals surface area contributed by atoms with Crippen LogP contribution >= 0.6 is 0 Å². The maximum atomic E-state index is 11.0. The van der Waals surface area contributed by atoms with Gasteiger partial charge in [0.2, 0.25) is 5.91 Å². The number of aliphatic hydroxyl groups is 1. The predicted octanol–water partition coefficient (Wildman–Crippen LogP) is 0.0768. The lowest BCUT2D eigenvalue weighted by atomic mass is 10.2. The summed E-state index contributed by atoms with van der Waals surface area (Å²) in [6, 6.07) is 7.12. The summed E-state index contributed by atoms with van der Waals surface area (Å²) in [6.45, 7) is 8.33. The predicted molar refractivity (Wildman–Crippen MR) is 87.8 cm³/mol. The number of aliphatic hydroxyl groups excluding tert-OH is 1. The van der Waals surface area contributed by atoms with Gasteiger partial charge in [0, 0.05) is 12.6 Å². The first-order valence-electron chi connectivity index (χ1n) is 8.10. The maximum Gasteiger partial charge on any atom is 0.221 e. The molecule has 0 aliphatic carbocycles. The lowest BCUT2D eigenvalue weighted by molar-refractivity contribution is -0.918. The van der Waals surface area contributed by atoms with Crippen molar-refractivity contribution < 1.29 is 24.3 Å². The standard InChI is InChI=1S/C17H26N2O4/c1-12-8-19(9-13(2)23-12)10-16(21)11-22-17-6-4-15(5-7-17)18-14(3)20/h4-7,12-13,16,21H,8-11H2,1-3H3,(H,18,20)/p+1/t12-,13+,16-/m0/s1. The van der Waals surface area contributed by atoms with E-state index in [4.69, 9.17) is 9.47 Å². The van der Waals surface area contributed by atoms with Gasteiger partial charge < -0.3 is 24.8 Å². The number of carbonyl (C=O) groups is 1. The summed E-state index contributed by atoms with van der Waals surface area (Å²) in [7, 11) is 0. The molecule has 1 unspecified atom stereocenters. The van der Waals surface area contributed by atoms with Crippen molar-refractivity contribution in [3.63, 3.8) is 0 Å². The fraction of sp³-hybridized carbons (Fsp3) is 0.588. The highest BCUT2D eigenvalue weighted by molar-refractivity contribution is 5.88. The number of hydrogen-bond donors (Lipinski definition) is 3. The number of ether oxygens (including phenoxy) is 2. The third kappa shape index (κ3) is 6.17. The van der Waals surface area contributed by atoms with Gasteiger partial charge in [0.15, 0.2) is 0 Å². The van der Waals surface area contributed by atoms with E-state index in [0.717, 1.165) is 18.8 Å². The van der Waals surface area contributed by atoms with Crippen LogP contribution in [0.15, 0.2) is 24.3 Å². The summed E-state index contributed by atoms with van der Waals surface area (Å²) < 4.78 is 11.3. The molecule has 0 saturated carbocycles. The summed E-state index contributed by atoms with van der Waals surface area (Å²) in [5.41, 5.74) is 0.728. The summed E-state index contributed by atoms with van der Waals surface area (Å²) in [5.74, 6) is 0.572. The Morgan fingerprint density at radius 1 is 1.35 bits per heavy atom. The molecule has 1 aromatic carbocycles. The Hall–Kier alpha value is -1.63. The Balaban J connectivity index is 1.75. The first kappa shape index (κ1) is 17.7. The molecule has 0 radical (unpaired) electrons. The van der Waals surface area contributed by atoms with Gasteiger partial charge in [0.1, 0.15) is 50.3 Å². The minimum Gasteiger partial charge on any atom is -0.491 e. The number of benzene rings is 1. The monoisotopic (exact) mass is 323 g/mol. The number of nitrogens with one attached hydrogen (secondary N) is 2. The van der Waals surface area contributed by atoms with E-state index in [2.05, 4.69) is 19.2 Å². The molecule has 128 valence electrons. The Labute approximate surface area is 137 Å². The number of carbonyl (C=O) groups excluding carboxylic acids is 1. The van der Waals surface area contributed by atoms with E-state index in [1.54, 1.807) is 24.3 Å². The second-order valence-corrected chi connectivity index (χ2v) is 6.29. The molecule has 6 heteroatoms. The number of anilines is 1. The minimum absolute atomic E-state index is 0.106. The van der Waals surface area contributed by atoms with Crippen LogP contribution in [-0.4, -0.2) is 55.6 Å². The molecule has 4 atom stereocenters. The zero-order valence-electron chi connectivity index (χ0n) is 14.0. The average Bonchev–Trinajstić information content (AvgIpc) is 2.45. The molecular weight excluding hydrogens is 296 g/mol. The van der Waals surface area contributed by atoms with Crippen LogP contribution in [0.25, 0.3) is 0 Å². The molecule has 1 aromatic rings. The Kier molecular flexibility index (Phi) is 6.38. The van der Waals surface area contributed by atoms with Crippen molar-refractivity contribution >= 4 is 11.6 Å². The highest BCUT2D eigenvalue weighted by Crippen LogP contribution is 2.15. The van der Waals surface area contributed by atoms with E-state index in [9.17, 15) is 9.90 Å². The highest BCUT2D eigenvalue weighted by atomic mass is 16.5. The van der Waals surface area contributed by atoms with Crippen molar-refractivity contribution in [1.29, 1.82) is 0 Å². The first-order chi connectivity index (χ1) is 10.9. The molecule has 1 saturated heterocycles. The van der Waals surface area contributed by atoms with Crippen molar-refractivity contribution in [2.75, 3.05) is 31.6 Å². The molecule has 23 heavy (non-hydrogen) atoms. The van der Waals surface area contributed by atoms with Crippen LogP contribution in [0.3, 0.4) is 0 Å². The maximum absolute atomic E-state index is 11.0. The quantitative estimate of drug-likeness (QED) is 0.693. The smallest absolute Gasteiger partial charge is 0.221 e. The van der Waals surface area contributed by atoms with Gasteiger partial charge >= 0.3 is 0 Å². The van der Waals surface area contributed by atoms with Gasteiger partial charge in [-0.1, -0.05) is 0 Å². The first-order valence-corrected chi connectivity index (χ1v) is 8.10. The van der Waals surface area contributed by atoms with Crippen molar-refractivity contribution in [3.8, 4) is 5.75 Å². The van der Waals surface area contributed by atoms with Crippen LogP contribution in [0.5, 0.6) is 5.75 Å². The summed E-state index contributed by atoms with van der Waals surface area (Å²) in [4.78, 5) is 12.3. The van der Waals surface area contributed by atoms with Crippen LogP contribution in [0.1, 0.15) is 20.8 Å². The number of quaternary nitrogens is 1. The zero-order valence-corrected chi connectivity index (χ0v) is 14.0. The van der Waals surface area contributed by atoms with Gasteiger partial charge in [-0.15, -0.1) is 0 Å². The fourth-order valence-corrected chi connectivity index (χ4v) is 2.98. The third-order valence-electron chi connectivity index (χ3n) is 3.76. The van der Waals surface area contributed by atoms with Crippen LogP contribution < -0.4 is 15.0 Å². The topological polar surface area (TPSA) is 72.2 Å². The van der Waals surface area contributed by atoms with Crippen LogP contribution in [0.4, 0.5) is 5.69 Å². The van der Waals surface area contributed by atoms with Gasteiger partial charge in [0.25, 0.3) is 0 Å². The molecule has 0 spiro atoms. The van der Waals surface area contributed by atoms with E-state index in [-0.39, 0.29) is 24.7 Å². The summed E-state index contributed by atoms with van der Waals surface area (Å²) in [5, 5.41) is 12.9. The lowest BCUT2D eigenvalue weighted by Gasteiger charge is -2.33. The zero-order chi connectivity index (χ0) is 16.8. The molecule has 6 nitrogen and oxygen atoms in total. The number of amides is 1. The fourth-order valence-electron chi connectivity index (χ4n) is 2.98. The van der Waals surface area contributed by atoms with Gasteiger partial charge in [-0.05, 0) is 38.1 Å². The van der Waals surface area contributed by atoms with Crippen molar-refractivity contribution in [2.45, 2.75) is 39.1 Å². The third-order valence-corrected chi connectivity index (χ3v) is 3.76. The Morgan fingerprint density at radius 3 is 2.52 bits per heavy atom. The van der Waals surface area contributed by atoms with E-state index in [0.29, 0.717) is 12.3 Å². The van der Waals surface area contributed by atoms with E-state index >= 15 is 0 Å². The highest BCUT2D eigenvalue weighted by Gasteiger charge is 2.27. The number of morpholine rings is 1.